The van der Waals surface area contributed by atoms with Crippen molar-refractivity contribution < 1.29 is 14.3 Å². The second kappa shape index (κ2) is 9.81. The highest BCUT2D eigenvalue weighted by Crippen LogP contribution is 2.26. The van der Waals surface area contributed by atoms with Crippen LogP contribution in [-0.4, -0.2) is 56.4 Å². The molecule has 0 unspecified atom stereocenters. The van der Waals surface area contributed by atoms with Crippen molar-refractivity contribution in [3.63, 3.8) is 0 Å². The molecular formula is C24H28N6O3. The van der Waals surface area contributed by atoms with Crippen molar-refractivity contribution in [1.82, 2.24) is 29.7 Å². The lowest BCUT2D eigenvalue weighted by molar-refractivity contribution is 0.0688. The molecule has 9 nitrogen and oxygen atoms in total. The van der Waals surface area contributed by atoms with Crippen LogP contribution in [0.1, 0.15) is 56.8 Å². The maximum absolute atomic E-state index is 12.8. The Morgan fingerprint density at radius 1 is 1.27 bits per heavy atom. The minimum absolute atomic E-state index is 0.0237. The molecule has 33 heavy (non-hydrogen) atoms. The maximum Gasteiger partial charge on any atom is 0.289 e. The fraction of sp³-hybridized carbons (Fsp3) is 0.375. The van der Waals surface area contributed by atoms with Crippen molar-refractivity contribution in [3.05, 3.63) is 71.3 Å². The fourth-order valence-corrected chi connectivity index (χ4v) is 4.05. The molecular weight excluding hydrogens is 420 g/mol. The molecule has 1 aliphatic heterocycles. The van der Waals surface area contributed by atoms with Gasteiger partial charge in [-0.05, 0) is 37.5 Å². The summed E-state index contributed by atoms with van der Waals surface area (Å²) in [5.41, 5.74) is 2.01. The van der Waals surface area contributed by atoms with Gasteiger partial charge in [0.2, 0.25) is 0 Å². The average Bonchev–Trinajstić information content (AvgIpc) is 3.28. The van der Waals surface area contributed by atoms with Crippen LogP contribution in [0.5, 0.6) is 5.75 Å². The van der Waals surface area contributed by atoms with E-state index in [1.54, 1.807) is 30.3 Å². The van der Waals surface area contributed by atoms with E-state index in [1.807, 2.05) is 43.1 Å². The number of carbonyl (C=O) groups excluding carboxylic acids is 2. The van der Waals surface area contributed by atoms with Crippen LogP contribution in [-0.2, 0) is 13.6 Å². The summed E-state index contributed by atoms with van der Waals surface area (Å²) in [5.74, 6) is 1.55. The fourth-order valence-electron chi connectivity index (χ4n) is 4.05. The summed E-state index contributed by atoms with van der Waals surface area (Å²) < 4.78 is 6.95. The molecule has 1 aliphatic rings. The van der Waals surface area contributed by atoms with Gasteiger partial charge in [-0.3, -0.25) is 9.59 Å². The second-order valence-electron chi connectivity index (χ2n) is 8.21. The van der Waals surface area contributed by atoms with E-state index in [1.165, 1.54) is 0 Å². The van der Waals surface area contributed by atoms with E-state index in [0.717, 1.165) is 24.2 Å². The summed E-state index contributed by atoms with van der Waals surface area (Å²) in [6.07, 6.45) is 6.73. The van der Waals surface area contributed by atoms with Gasteiger partial charge < -0.3 is 19.5 Å². The van der Waals surface area contributed by atoms with E-state index in [4.69, 9.17) is 4.74 Å². The first-order valence-corrected chi connectivity index (χ1v) is 11.0. The molecule has 0 bridgehead atoms. The first-order chi connectivity index (χ1) is 16.0. The Morgan fingerprint density at radius 2 is 2.12 bits per heavy atom. The predicted octanol–water partition coefficient (Wildman–Crippen LogP) is 2.48. The topological polar surface area (TPSA) is 102 Å². The first-order valence-electron chi connectivity index (χ1n) is 11.0. The van der Waals surface area contributed by atoms with Gasteiger partial charge in [0.1, 0.15) is 11.6 Å². The zero-order valence-corrected chi connectivity index (χ0v) is 19.1. The lowest BCUT2D eigenvalue weighted by Gasteiger charge is -2.31. The summed E-state index contributed by atoms with van der Waals surface area (Å²) in [4.78, 5) is 40.6. The number of aromatic nitrogens is 4. The van der Waals surface area contributed by atoms with Gasteiger partial charge in [0, 0.05) is 51.2 Å². The van der Waals surface area contributed by atoms with Gasteiger partial charge in [-0.2, -0.15) is 0 Å². The van der Waals surface area contributed by atoms with Crippen LogP contribution in [0.3, 0.4) is 0 Å². The molecule has 1 saturated heterocycles. The molecule has 3 heterocycles. The van der Waals surface area contributed by atoms with E-state index in [2.05, 4.69) is 20.3 Å². The minimum atomic E-state index is -0.225. The van der Waals surface area contributed by atoms with Gasteiger partial charge in [-0.25, -0.2) is 15.0 Å². The molecule has 0 saturated carbocycles. The molecule has 3 aromatic rings. The number of likely N-dealkylation sites (tertiary alicyclic amines) is 1. The van der Waals surface area contributed by atoms with Gasteiger partial charge in [0.05, 0.1) is 18.4 Å². The van der Waals surface area contributed by atoms with Crippen LogP contribution in [0.4, 0.5) is 0 Å². The van der Waals surface area contributed by atoms with E-state index < -0.39 is 0 Å². The normalized spacial score (nSPS) is 15.8. The van der Waals surface area contributed by atoms with Crippen molar-refractivity contribution in [3.8, 4) is 5.75 Å². The van der Waals surface area contributed by atoms with Gasteiger partial charge in [0.15, 0.2) is 5.82 Å². The number of amides is 2. The van der Waals surface area contributed by atoms with Crippen molar-refractivity contribution >= 4 is 11.8 Å². The number of ether oxygens (including phenoxy) is 1. The summed E-state index contributed by atoms with van der Waals surface area (Å²) in [6.45, 7) is 3.41. The molecule has 1 atom stereocenters. The number of carbonyl (C=O) groups is 2. The van der Waals surface area contributed by atoms with Crippen molar-refractivity contribution in [2.75, 3.05) is 20.2 Å². The molecule has 1 aromatic carbocycles. The molecule has 1 N–H and O–H groups in total. The quantitative estimate of drug-likeness (QED) is 0.622. The van der Waals surface area contributed by atoms with E-state index >= 15 is 0 Å². The zero-order chi connectivity index (χ0) is 23.4. The van der Waals surface area contributed by atoms with Crippen LogP contribution in [0.15, 0.2) is 42.9 Å². The van der Waals surface area contributed by atoms with Gasteiger partial charge in [-0.1, -0.05) is 12.1 Å². The largest absolute Gasteiger partial charge is 0.497 e. The predicted molar refractivity (Wildman–Crippen MR) is 122 cm³/mol. The Labute approximate surface area is 192 Å². The molecule has 0 aliphatic carbocycles. The van der Waals surface area contributed by atoms with Crippen LogP contribution >= 0.6 is 0 Å². The van der Waals surface area contributed by atoms with E-state index in [-0.39, 0.29) is 17.7 Å². The third-order valence-electron chi connectivity index (χ3n) is 5.92. The molecule has 0 radical (unpaired) electrons. The number of methoxy groups -OCH3 is 1. The van der Waals surface area contributed by atoms with Gasteiger partial charge >= 0.3 is 0 Å². The van der Waals surface area contributed by atoms with Crippen LogP contribution in [0.2, 0.25) is 0 Å². The lowest BCUT2D eigenvalue weighted by atomic mass is 9.96. The second-order valence-corrected chi connectivity index (χ2v) is 8.21. The summed E-state index contributed by atoms with van der Waals surface area (Å²) in [6, 6.07) is 7.55. The maximum atomic E-state index is 12.8. The van der Waals surface area contributed by atoms with Crippen LogP contribution in [0.25, 0.3) is 0 Å². The molecule has 172 valence electrons. The Kier molecular flexibility index (Phi) is 6.67. The zero-order valence-electron chi connectivity index (χ0n) is 19.1. The highest BCUT2D eigenvalue weighted by Gasteiger charge is 2.29. The summed E-state index contributed by atoms with van der Waals surface area (Å²) in [7, 11) is 3.42. The third kappa shape index (κ3) is 5.02. The third-order valence-corrected chi connectivity index (χ3v) is 5.92. The Balaban J connectivity index is 1.41. The molecule has 1 fully saturated rings. The molecule has 9 heteroatoms. The molecule has 2 amide bonds. The van der Waals surface area contributed by atoms with Crippen LogP contribution < -0.4 is 10.1 Å². The van der Waals surface area contributed by atoms with Crippen molar-refractivity contribution in [2.24, 2.45) is 7.05 Å². The number of piperidine rings is 1. The smallest absolute Gasteiger partial charge is 0.289 e. The number of benzene rings is 1. The number of nitrogens with zero attached hydrogens (tertiary/aromatic N) is 5. The molecule has 4 rings (SSSR count). The number of hydrogen-bond acceptors (Lipinski definition) is 6. The SMILES string of the molecule is COc1cccc(CNC(=O)c2cnc([C@@H]3CCCN(C(=O)c4nccn4C)C3)nc2C)c1. The Morgan fingerprint density at radius 3 is 2.85 bits per heavy atom. The van der Waals surface area contributed by atoms with Gasteiger partial charge in [0.25, 0.3) is 11.8 Å². The highest BCUT2D eigenvalue weighted by molar-refractivity contribution is 5.94. The average molecular weight is 449 g/mol. The number of nitrogens with one attached hydrogen (secondary N) is 1. The lowest BCUT2D eigenvalue weighted by Crippen LogP contribution is -2.40. The Hall–Kier alpha value is -3.75. The number of aryl methyl sites for hydroxylation is 2. The Bertz CT molecular complexity index is 1160. The van der Waals surface area contributed by atoms with Crippen molar-refractivity contribution in [2.45, 2.75) is 32.2 Å². The van der Waals surface area contributed by atoms with Crippen molar-refractivity contribution in [1.29, 1.82) is 0 Å². The molecule has 0 spiro atoms. The minimum Gasteiger partial charge on any atom is -0.497 e. The van der Waals surface area contributed by atoms with E-state index in [0.29, 0.717) is 42.5 Å². The van der Waals surface area contributed by atoms with E-state index in [9.17, 15) is 9.59 Å². The number of imidazole rings is 1. The molecule has 2 aromatic heterocycles. The summed E-state index contributed by atoms with van der Waals surface area (Å²) in [5, 5.41) is 2.91. The number of rotatable bonds is 6. The first kappa shape index (κ1) is 22.4. The van der Waals surface area contributed by atoms with Gasteiger partial charge in [-0.15, -0.1) is 0 Å². The van der Waals surface area contributed by atoms with Crippen LogP contribution in [0, 0.1) is 6.92 Å². The summed E-state index contributed by atoms with van der Waals surface area (Å²) >= 11 is 0. The monoisotopic (exact) mass is 448 g/mol. The number of hydrogen-bond donors (Lipinski definition) is 1. The standard InChI is InChI=1S/C24H28N6O3/c1-16-20(23(31)27-13-17-6-4-8-19(12-17)33-3)14-26-21(28-16)18-7-5-10-30(15-18)24(32)22-25-9-11-29(22)2/h4,6,8-9,11-12,14,18H,5,7,10,13,15H2,1-3H3,(H,27,31)/t18-/m1/s1. The highest BCUT2D eigenvalue weighted by atomic mass is 16.5.